The second-order valence-electron chi connectivity index (χ2n) is 7.15. The standard InChI is InChI=1S/C24H17FN4O2/c25-20-11-5-10-18-21-19(14-26-22(18)20)24(31)29(28-21)17-9-4-8-16(12-17)23(30)27-13-15-6-2-1-3-7-15/h1-12,14,26H,13H2,(H,27,30). The van der Waals surface area contributed by atoms with Gasteiger partial charge in [0.1, 0.15) is 11.5 Å². The van der Waals surface area contributed by atoms with Gasteiger partial charge in [-0.3, -0.25) is 9.59 Å². The fraction of sp³-hybridized carbons (Fsp3) is 0.0417. The first-order valence-electron chi connectivity index (χ1n) is 9.73. The Balaban J connectivity index is 1.51. The van der Waals surface area contributed by atoms with Crippen LogP contribution in [-0.2, 0) is 6.54 Å². The summed E-state index contributed by atoms with van der Waals surface area (Å²) in [4.78, 5) is 28.4. The molecule has 31 heavy (non-hydrogen) atoms. The van der Waals surface area contributed by atoms with E-state index in [9.17, 15) is 14.0 Å². The Bertz CT molecular complexity index is 1440. The summed E-state index contributed by atoms with van der Waals surface area (Å²) >= 11 is 0. The molecule has 152 valence electrons. The van der Waals surface area contributed by atoms with Gasteiger partial charge in [0, 0.05) is 23.7 Å². The Labute approximate surface area is 176 Å². The number of fused-ring (bicyclic) bond motifs is 3. The lowest BCUT2D eigenvalue weighted by atomic mass is 10.1. The van der Waals surface area contributed by atoms with E-state index in [-0.39, 0.29) is 17.0 Å². The fourth-order valence-electron chi connectivity index (χ4n) is 3.59. The van der Waals surface area contributed by atoms with Crippen LogP contribution in [0.2, 0.25) is 0 Å². The van der Waals surface area contributed by atoms with Crippen molar-refractivity contribution in [3.05, 3.63) is 106 Å². The molecular weight excluding hydrogens is 395 g/mol. The number of benzene rings is 3. The summed E-state index contributed by atoms with van der Waals surface area (Å²) in [5.41, 5.74) is 2.54. The Morgan fingerprint density at radius 1 is 1.03 bits per heavy atom. The number of carbonyl (C=O) groups excluding carboxylic acids is 1. The number of nitrogens with one attached hydrogen (secondary N) is 2. The molecule has 0 bridgehead atoms. The summed E-state index contributed by atoms with van der Waals surface area (Å²) in [5.74, 6) is -0.672. The molecule has 2 aliphatic heterocycles. The minimum absolute atomic E-state index is 0.254. The third-order valence-corrected chi connectivity index (χ3v) is 5.16. The highest BCUT2D eigenvalue weighted by Gasteiger charge is 2.20. The van der Waals surface area contributed by atoms with Crippen molar-refractivity contribution in [2.75, 3.05) is 0 Å². The van der Waals surface area contributed by atoms with Gasteiger partial charge in [0.15, 0.2) is 0 Å². The number of H-pyrrole nitrogens is 1. The van der Waals surface area contributed by atoms with Gasteiger partial charge in [-0.1, -0.05) is 48.5 Å². The lowest BCUT2D eigenvalue weighted by Crippen LogP contribution is -2.23. The summed E-state index contributed by atoms with van der Waals surface area (Å²) in [6, 6.07) is 20.9. The number of hydrogen-bond donors (Lipinski definition) is 2. The fourth-order valence-corrected chi connectivity index (χ4v) is 3.59. The number of hydrogen-bond acceptors (Lipinski definition) is 3. The third kappa shape index (κ3) is 3.36. The van der Waals surface area contributed by atoms with Crippen molar-refractivity contribution in [3.8, 4) is 16.9 Å². The summed E-state index contributed by atoms with van der Waals surface area (Å²) in [6.45, 7) is 0.399. The number of aromatic amines is 1. The van der Waals surface area contributed by atoms with E-state index >= 15 is 0 Å². The molecule has 0 aromatic heterocycles. The van der Waals surface area contributed by atoms with E-state index in [1.807, 2.05) is 30.3 Å². The zero-order valence-electron chi connectivity index (χ0n) is 16.3. The number of amides is 1. The smallest absolute Gasteiger partial charge is 0.282 e. The van der Waals surface area contributed by atoms with E-state index in [0.717, 1.165) is 5.56 Å². The van der Waals surface area contributed by atoms with E-state index in [1.165, 1.54) is 16.9 Å². The molecule has 0 aliphatic carbocycles. The summed E-state index contributed by atoms with van der Waals surface area (Å²) in [7, 11) is 0. The topological polar surface area (TPSA) is 79.8 Å². The van der Waals surface area contributed by atoms with Gasteiger partial charge < -0.3 is 10.3 Å². The van der Waals surface area contributed by atoms with Crippen molar-refractivity contribution < 1.29 is 9.18 Å². The zero-order valence-corrected chi connectivity index (χ0v) is 16.3. The van der Waals surface area contributed by atoms with Crippen LogP contribution in [0.5, 0.6) is 0 Å². The van der Waals surface area contributed by atoms with Crippen LogP contribution < -0.4 is 10.9 Å². The van der Waals surface area contributed by atoms with Gasteiger partial charge in [-0.05, 0) is 29.8 Å². The highest BCUT2D eigenvalue weighted by atomic mass is 19.1. The molecule has 3 aromatic rings. The molecule has 0 fully saturated rings. The normalized spacial score (nSPS) is 11.1. The van der Waals surface area contributed by atoms with Crippen molar-refractivity contribution in [1.29, 1.82) is 0 Å². The van der Waals surface area contributed by atoms with E-state index in [1.54, 1.807) is 36.4 Å². The maximum Gasteiger partial charge on any atom is 0.282 e. The predicted octanol–water partition coefficient (Wildman–Crippen LogP) is 3.89. The number of pyridine rings is 1. The molecule has 2 heterocycles. The predicted molar refractivity (Wildman–Crippen MR) is 116 cm³/mol. The zero-order chi connectivity index (χ0) is 21.4. The van der Waals surface area contributed by atoms with Gasteiger partial charge in [-0.15, -0.1) is 0 Å². The second kappa shape index (κ2) is 7.53. The van der Waals surface area contributed by atoms with Gasteiger partial charge >= 0.3 is 0 Å². The van der Waals surface area contributed by atoms with Crippen LogP contribution in [-0.4, -0.2) is 20.7 Å². The van der Waals surface area contributed by atoms with Gasteiger partial charge in [-0.25, -0.2) is 4.39 Å². The maximum atomic E-state index is 14.1. The lowest BCUT2D eigenvalue weighted by molar-refractivity contribution is 0.0951. The minimum Gasteiger partial charge on any atom is -0.358 e. The van der Waals surface area contributed by atoms with Crippen molar-refractivity contribution in [2.45, 2.75) is 6.54 Å². The molecule has 1 amide bonds. The molecule has 6 nitrogen and oxygen atoms in total. The van der Waals surface area contributed by atoms with E-state index < -0.39 is 5.82 Å². The highest BCUT2D eigenvalue weighted by Crippen LogP contribution is 2.27. The number of nitrogens with zero attached hydrogens (tertiary/aromatic N) is 2. The SMILES string of the molecule is O=C(NCc1ccccc1)c1cccc(-n2nc3c4cccc(F)c4[nH]cc-3c2=O)c1. The number of aromatic nitrogens is 3. The van der Waals surface area contributed by atoms with Crippen LogP contribution in [0.1, 0.15) is 15.9 Å². The van der Waals surface area contributed by atoms with Crippen LogP contribution in [0.3, 0.4) is 0 Å². The average molecular weight is 412 g/mol. The molecule has 2 N–H and O–H groups in total. The van der Waals surface area contributed by atoms with Crippen molar-refractivity contribution in [2.24, 2.45) is 0 Å². The third-order valence-electron chi connectivity index (χ3n) is 5.16. The lowest BCUT2D eigenvalue weighted by Gasteiger charge is -2.07. The van der Waals surface area contributed by atoms with Gasteiger partial charge in [0.2, 0.25) is 0 Å². The van der Waals surface area contributed by atoms with Crippen LogP contribution >= 0.6 is 0 Å². The molecule has 0 saturated carbocycles. The van der Waals surface area contributed by atoms with E-state index in [4.69, 9.17) is 0 Å². The average Bonchev–Trinajstić information content (AvgIpc) is 3.15. The molecule has 3 aromatic carbocycles. The molecule has 0 unspecified atom stereocenters. The molecule has 7 heteroatoms. The van der Waals surface area contributed by atoms with Gasteiger partial charge in [-0.2, -0.15) is 9.78 Å². The highest BCUT2D eigenvalue weighted by molar-refractivity contribution is 5.95. The molecule has 2 aliphatic rings. The van der Waals surface area contributed by atoms with Crippen LogP contribution in [0, 0.1) is 5.82 Å². The minimum atomic E-state index is -0.418. The van der Waals surface area contributed by atoms with Crippen molar-refractivity contribution >= 4 is 16.8 Å². The van der Waals surface area contributed by atoms with Crippen LogP contribution in [0.15, 0.2) is 83.8 Å². The molecular formula is C24H17FN4O2. The van der Waals surface area contributed by atoms with Gasteiger partial charge in [0.05, 0.1) is 16.8 Å². The number of rotatable bonds is 4. The van der Waals surface area contributed by atoms with Gasteiger partial charge in [0.25, 0.3) is 11.5 Å². The first-order valence-corrected chi connectivity index (χ1v) is 9.73. The Morgan fingerprint density at radius 3 is 2.68 bits per heavy atom. The Hall–Kier alpha value is -4.26. The number of halogens is 1. The van der Waals surface area contributed by atoms with Crippen molar-refractivity contribution in [1.82, 2.24) is 20.1 Å². The molecule has 0 radical (unpaired) electrons. The quantitative estimate of drug-likeness (QED) is 0.470. The van der Waals surface area contributed by atoms with Crippen LogP contribution in [0.4, 0.5) is 4.39 Å². The Morgan fingerprint density at radius 2 is 1.84 bits per heavy atom. The Kier molecular flexibility index (Phi) is 4.55. The second-order valence-corrected chi connectivity index (χ2v) is 7.15. The summed E-state index contributed by atoms with van der Waals surface area (Å²) in [5, 5.41) is 7.82. The number of carbonyl (C=O) groups is 1. The molecule has 0 spiro atoms. The monoisotopic (exact) mass is 412 g/mol. The van der Waals surface area contributed by atoms with E-state index in [0.29, 0.717) is 34.4 Å². The molecule has 0 saturated heterocycles. The molecule has 0 atom stereocenters. The summed E-state index contributed by atoms with van der Waals surface area (Å²) < 4.78 is 15.3. The van der Waals surface area contributed by atoms with E-state index in [2.05, 4.69) is 15.4 Å². The van der Waals surface area contributed by atoms with Crippen molar-refractivity contribution in [3.63, 3.8) is 0 Å². The summed E-state index contributed by atoms with van der Waals surface area (Å²) in [6.07, 6.45) is 1.46. The van der Waals surface area contributed by atoms with Crippen LogP contribution in [0.25, 0.3) is 27.8 Å². The first-order chi connectivity index (χ1) is 15.1. The first kappa shape index (κ1) is 18.7. The largest absolute Gasteiger partial charge is 0.358 e. The molecule has 5 rings (SSSR count). The maximum absolute atomic E-state index is 14.1. The number of para-hydroxylation sites is 1.